The van der Waals surface area contributed by atoms with Crippen LogP contribution in [0.5, 0.6) is 0 Å². The molecule has 0 aliphatic heterocycles. The summed E-state index contributed by atoms with van der Waals surface area (Å²) in [4.78, 5) is 12.2. The second-order valence-corrected chi connectivity index (χ2v) is 6.56. The lowest BCUT2D eigenvalue weighted by atomic mass is 10.3. The molecule has 0 saturated heterocycles. The van der Waals surface area contributed by atoms with Crippen LogP contribution in [0.25, 0.3) is 0 Å². The number of sulfonamides is 1. The predicted octanol–water partition coefficient (Wildman–Crippen LogP) is 1.72. The fourth-order valence-corrected chi connectivity index (χ4v) is 2.96. The summed E-state index contributed by atoms with van der Waals surface area (Å²) in [7, 11) is -3.88. The zero-order chi connectivity index (χ0) is 15.0. The molecule has 3 N–H and O–H groups in total. The molecule has 1 heterocycles. The van der Waals surface area contributed by atoms with Gasteiger partial charge in [0.05, 0.1) is 5.69 Å². The van der Waals surface area contributed by atoms with Gasteiger partial charge >= 0.3 is 0 Å². The number of nitrogens with two attached hydrogens (primary N) is 1. The van der Waals surface area contributed by atoms with Gasteiger partial charge in [0.1, 0.15) is 10.6 Å². The van der Waals surface area contributed by atoms with Crippen molar-refractivity contribution in [3.63, 3.8) is 0 Å². The van der Waals surface area contributed by atoms with Gasteiger partial charge in [0.15, 0.2) is 0 Å². The molecule has 6 nitrogen and oxygen atoms in total. The number of aromatic nitrogens is 1. The van der Waals surface area contributed by atoms with E-state index in [0.717, 1.165) is 12.8 Å². The highest BCUT2D eigenvalue weighted by Gasteiger charge is 2.27. The molecule has 1 fully saturated rings. The molecule has 1 aliphatic carbocycles. The van der Waals surface area contributed by atoms with Crippen LogP contribution in [0.1, 0.15) is 29.4 Å². The summed E-state index contributed by atoms with van der Waals surface area (Å²) in [5.41, 5.74) is 0.704. The van der Waals surface area contributed by atoms with Crippen molar-refractivity contribution in [2.75, 3.05) is 5.32 Å². The number of nitrogens with zero attached hydrogens (tertiary/aromatic N) is 1. The van der Waals surface area contributed by atoms with Crippen molar-refractivity contribution in [1.82, 2.24) is 4.57 Å². The van der Waals surface area contributed by atoms with E-state index in [1.807, 2.05) is 10.8 Å². The molecule has 2 aromatic rings. The average molecular weight is 305 g/mol. The van der Waals surface area contributed by atoms with Crippen LogP contribution in [-0.4, -0.2) is 18.9 Å². The maximum atomic E-state index is 12.3. The number of anilines is 1. The number of nitrogens with one attached hydrogen (secondary N) is 1. The molecule has 1 amide bonds. The molecule has 0 spiro atoms. The normalized spacial score (nSPS) is 14.9. The van der Waals surface area contributed by atoms with E-state index in [4.69, 9.17) is 5.14 Å². The van der Waals surface area contributed by atoms with Crippen molar-refractivity contribution in [3.8, 4) is 0 Å². The van der Waals surface area contributed by atoms with E-state index in [1.54, 1.807) is 24.3 Å². The van der Waals surface area contributed by atoms with Gasteiger partial charge in [-0.15, -0.1) is 0 Å². The van der Waals surface area contributed by atoms with Crippen LogP contribution in [-0.2, 0) is 10.0 Å². The molecule has 3 rings (SSSR count). The number of carbonyl (C=O) groups is 1. The summed E-state index contributed by atoms with van der Waals surface area (Å²) in [6, 6.07) is 9.97. The average Bonchev–Trinajstić information content (AvgIpc) is 3.15. The molecule has 0 radical (unpaired) electrons. The van der Waals surface area contributed by atoms with Gasteiger partial charge in [-0.2, -0.15) is 0 Å². The van der Waals surface area contributed by atoms with E-state index in [0.29, 0.717) is 11.7 Å². The van der Waals surface area contributed by atoms with E-state index in [1.165, 1.54) is 12.1 Å². The van der Waals surface area contributed by atoms with Crippen molar-refractivity contribution in [3.05, 3.63) is 48.3 Å². The standard InChI is InChI=1S/C14H15N3O3S/c15-21(19,20)13-6-2-1-4-11(13)16-14(18)12-5-3-9-17(12)10-7-8-10/h1-6,9-10H,7-8H2,(H,16,18)(H2,15,19,20). The Labute approximate surface area is 122 Å². The van der Waals surface area contributed by atoms with Crippen LogP contribution in [0.3, 0.4) is 0 Å². The first kappa shape index (κ1) is 13.8. The summed E-state index contributed by atoms with van der Waals surface area (Å²) < 4.78 is 25.0. The Kier molecular flexibility index (Phi) is 3.30. The van der Waals surface area contributed by atoms with Crippen LogP contribution >= 0.6 is 0 Å². The van der Waals surface area contributed by atoms with Gasteiger partial charge in [-0.25, -0.2) is 13.6 Å². The highest BCUT2D eigenvalue weighted by atomic mass is 32.2. The topological polar surface area (TPSA) is 94.2 Å². The summed E-state index contributed by atoms with van der Waals surface area (Å²) in [5.74, 6) is -0.344. The smallest absolute Gasteiger partial charge is 0.272 e. The number of benzene rings is 1. The molecule has 1 aromatic carbocycles. The molecule has 0 atom stereocenters. The maximum absolute atomic E-state index is 12.3. The monoisotopic (exact) mass is 305 g/mol. The number of carbonyl (C=O) groups excluding carboxylic acids is 1. The Morgan fingerprint density at radius 3 is 2.57 bits per heavy atom. The second-order valence-electron chi connectivity index (χ2n) is 5.03. The lowest BCUT2D eigenvalue weighted by Gasteiger charge is -2.11. The summed E-state index contributed by atoms with van der Waals surface area (Å²) in [6.45, 7) is 0. The number of para-hydroxylation sites is 1. The number of amides is 1. The quantitative estimate of drug-likeness (QED) is 0.900. The Bertz CT molecular complexity index is 791. The fraction of sp³-hybridized carbons (Fsp3) is 0.214. The molecular weight excluding hydrogens is 290 g/mol. The molecule has 7 heteroatoms. The number of rotatable bonds is 4. The van der Waals surface area contributed by atoms with Gasteiger partial charge in [0.25, 0.3) is 5.91 Å². The fourth-order valence-electron chi connectivity index (χ4n) is 2.26. The van der Waals surface area contributed by atoms with E-state index in [9.17, 15) is 13.2 Å². The first-order chi connectivity index (χ1) is 9.97. The molecule has 21 heavy (non-hydrogen) atoms. The largest absolute Gasteiger partial charge is 0.340 e. The maximum Gasteiger partial charge on any atom is 0.272 e. The molecule has 0 unspecified atom stereocenters. The molecule has 0 bridgehead atoms. The third kappa shape index (κ3) is 2.84. The Morgan fingerprint density at radius 1 is 1.19 bits per heavy atom. The molecule has 110 valence electrons. The van der Waals surface area contributed by atoms with Crippen LogP contribution in [0.15, 0.2) is 47.5 Å². The summed E-state index contributed by atoms with van der Waals surface area (Å²) in [5, 5.41) is 7.78. The van der Waals surface area contributed by atoms with Crippen molar-refractivity contribution in [1.29, 1.82) is 0 Å². The lowest BCUT2D eigenvalue weighted by molar-refractivity contribution is 0.101. The van der Waals surface area contributed by atoms with E-state index < -0.39 is 10.0 Å². The van der Waals surface area contributed by atoms with Crippen molar-refractivity contribution in [2.45, 2.75) is 23.8 Å². The van der Waals surface area contributed by atoms with E-state index >= 15 is 0 Å². The van der Waals surface area contributed by atoms with Gasteiger partial charge in [-0.05, 0) is 37.1 Å². The number of primary sulfonamides is 1. The lowest BCUT2D eigenvalue weighted by Crippen LogP contribution is -2.20. The first-order valence-corrected chi connectivity index (χ1v) is 8.11. The van der Waals surface area contributed by atoms with Crippen molar-refractivity contribution < 1.29 is 13.2 Å². The van der Waals surface area contributed by atoms with Crippen LogP contribution in [0.2, 0.25) is 0 Å². The second kappa shape index (κ2) is 5.01. The van der Waals surface area contributed by atoms with Crippen LogP contribution < -0.4 is 10.5 Å². The zero-order valence-corrected chi connectivity index (χ0v) is 12.0. The molecular formula is C14H15N3O3S. The SMILES string of the molecule is NS(=O)(=O)c1ccccc1NC(=O)c1cccn1C1CC1. The van der Waals surface area contributed by atoms with Crippen molar-refractivity contribution >= 4 is 21.6 Å². The first-order valence-electron chi connectivity index (χ1n) is 6.57. The molecule has 1 saturated carbocycles. The van der Waals surface area contributed by atoms with Crippen LogP contribution in [0, 0.1) is 0 Å². The summed E-state index contributed by atoms with van der Waals surface area (Å²) >= 11 is 0. The Hall–Kier alpha value is -2.12. The minimum Gasteiger partial charge on any atom is -0.340 e. The van der Waals surface area contributed by atoms with Gasteiger partial charge in [0.2, 0.25) is 10.0 Å². The van der Waals surface area contributed by atoms with E-state index in [2.05, 4.69) is 5.32 Å². The van der Waals surface area contributed by atoms with Crippen LogP contribution in [0.4, 0.5) is 5.69 Å². The number of hydrogen-bond acceptors (Lipinski definition) is 3. The third-order valence-electron chi connectivity index (χ3n) is 3.39. The van der Waals surface area contributed by atoms with E-state index in [-0.39, 0.29) is 16.5 Å². The summed E-state index contributed by atoms with van der Waals surface area (Å²) in [6.07, 6.45) is 3.98. The van der Waals surface area contributed by atoms with Gasteiger partial charge in [-0.3, -0.25) is 4.79 Å². The third-order valence-corrected chi connectivity index (χ3v) is 4.36. The molecule has 1 aliphatic rings. The van der Waals surface area contributed by atoms with Gasteiger partial charge in [-0.1, -0.05) is 12.1 Å². The Balaban J connectivity index is 1.90. The van der Waals surface area contributed by atoms with Gasteiger partial charge < -0.3 is 9.88 Å². The van der Waals surface area contributed by atoms with Gasteiger partial charge in [0, 0.05) is 12.2 Å². The number of hydrogen-bond donors (Lipinski definition) is 2. The molecule has 1 aromatic heterocycles. The zero-order valence-electron chi connectivity index (χ0n) is 11.2. The Morgan fingerprint density at radius 2 is 1.90 bits per heavy atom. The van der Waals surface area contributed by atoms with Crippen molar-refractivity contribution in [2.24, 2.45) is 5.14 Å². The highest BCUT2D eigenvalue weighted by molar-refractivity contribution is 7.89. The highest BCUT2D eigenvalue weighted by Crippen LogP contribution is 2.36. The predicted molar refractivity (Wildman–Crippen MR) is 78.5 cm³/mol. The minimum atomic E-state index is -3.88. The minimum absolute atomic E-state index is 0.0946.